The fraction of sp³-hybridized carbons (Fsp3) is 0.426. The Morgan fingerprint density at radius 2 is 0.504 bits per heavy atom. The second kappa shape index (κ2) is 48.4. The Bertz CT molecular complexity index is 4290. The fourth-order valence-corrected chi connectivity index (χ4v) is 15.2. The predicted octanol–water partition coefficient (Wildman–Crippen LogP) is 18.6. The molecule has 4 saturated heterocycles. The molecule has 0 bridgehead atoms. The van der Waals surface area contributed by atoms with E-state index in [1.165, 1.54) is 5.57 Å². The number of ether oxygens (including phenoxy) is 17. The average molecular weight is 1620 g/mol. The monoisotopic (exact) mass is 1620 g/mol. The summed E-state index contributed by atoms with van der Waals surface area (Å²) in [5.41, 5.74) is 11.6. The quantitative estimate of drug-likeness (QED) is 0.0358. The van der Waals surface area contributed by atoms with Crippen molar-refractivity contribution in [2.45, 2.75) is 238 Å². The first kappa shape index (κ1) is 90.0. The van der Waals surface area contributed by atoms with E-state index in [2.05, 4.69) is 109 Å². The van der Waals surface area contributed by atoms with Crippen LogP contribution in [0.25, 0.3) is 0 Å². The van der Waals surface area contributed by atoms with Gasteiger partial charge in [-0.15, -0.1) is 0 Å². The van der Waals surface area contributed by atoms with Gasteiger partial charge in [-0.2, -0.15) is 0 Å². The zero-order chi connectivity index (χ0) is 82.8. The summed E-state index contributed by atoms with van der Waals surface area (Å²) in [5, 5.41) is 11.7. The van der Waals surface area contributed by atoms with Crippen molar-refractivity contribution in [2.75, 3.05) is 26.4 Å². The number of hydrogen-bond acceptors (Lipinski definition) is 18. The smallest absolute Gasteiger partial charge is 0.189 e. The Hall–Kier alpha value is -8.26. The lowest BCUT2D eigenvalue weighted by molar-refractivity contribution is -0.381. The molecule has 9 aromatic carbocycles. The van der Waals surface area contributed by atoms with Crippen LogP contribution < -0.4 is 0 Å². The van der Waals surface area contributed by atoms with Gasteiger partial charge >= 0.3 is 0 Å². The van der Waals surface area contributed by atoms with E-state index in [4.69, 9.17) is 80.5 Å². The van der Waals surface area contributed by atoms with Crippen molar-refractivity contribution in [3.8, 4) is 0 Å². The molecule has 0 saturated carbocycles. The van der Waals surface area contributed by atoms with Gasteiger partial charge in [0.15, 0.2) is 25.2 Å². The van der Waals surface area contributed by atoms with Crippen LogP contribution in [0.1, 0.15) is 118 Å². The molecule has 20 atom stereocenters. The van der Waals surface area contributed by atoms with Crippen LogP contribution in [0.5, 0.6) is 0 Å². The Balaban J connectivity index is 0.000000220. The third-order valence-electron chi connectivity index (χ3n) is 21.8. The summed E-state index contributed by atoms with van der Waals surface area (Å²) in [5.74, 6) is -0.707. The number of hydrogen-bond donors (Lipinski definition) is 1. The van der Waals surface area contributed by atoms with E-state index in [1.54, 1.807) is 0 Å². The zero-order valence-electron chi connectivity index (χ0n) is 70.2. The largest absolute Gasteiger partial charge is 0.388 e. The SMILES string of the molecule is CCC1O[C@H](O[C@H]2OC(COCc3ccccc3)[C@@H](O)C(OCc3ccccc3)C2C)C(OCc2ccccc2)[C@@H](OCc2ccccc2)[C@@H]1OCC=C(C)C.CCC1O[C@H](O[C@H]2OC(COCc3ccccc3)[C@@H](OCc3ccccc3)C(OCc3ccccc3)C2C)C(OCc2ccccc2)[C@@H](OCc2ccccc2)[C@@H]1OCC=C(C)C. The third-order valence-corrected chi connectivity index (χ3v) is 21.8. The molecule has 0 amide bonds. The van der Waals surface area contributed by atoms with E-state index in [-0.39, 0.29) is 31.3 Å². The van der Waals surface area contributed by atoms with Gasteiger partial charge in [0, 0.05) is 11.8 Å². The standard InChI is InChI=1S/C54H64O9.C47H58O9/c1-5-46-49(56-32-31-39(2)3)51(59-36-44-27-17-9-18-28-44)52(60-37-45-29-19-10-20-30-45)54(61-46)63-53-40(4)48(57-34-42-23-13-7-14-24-42)50(58-35-43-25-15-8-16-26-43)47(62-53)38-55-33-41-21-11-6-12-22-41;1-5-39-43(50-27-26-33(2)3)44(52-30-37-22-14-8-15-23-37)45(53-31-38-24-16-9-17-25-38)47(54-39)56-46-34(4)42(51-29-36-20-12-7-13-21-36)41(48)40(55-46)32-49-28-35-18-10-6-11-19-35/h6-31,40,46-54H,5,32-38H2,1-4H3;6-26,34,39-48H,5,27-32H2,1-4H3/t40?,46?,47?,48?,49-,50-,51+,52?,53-,54-;34?,39?,40?,41-,42?,43-,44+,45?,46-,47-/m11/s1. The van der Waals surface area contributed by atoms with Crippen LogP contribution >= 0.6 is 0 Å². The lowest BCUT2D eigenvalue weighted by atomic mass is 9.91. The van der Waals surface area contributed by atoms with Crippen molar-refractivity contribution < 1.29 is 85.6 Å². The Kier molecular flexibility index (Phi) is 36.6. The number of rotatable bonds is 41. The van der Waals surface area contributed by atoms with E-state index < -0.39 is 104 Å². The Labute approximate surface area is 704 Å². The molecule has 4 aliphatic heterocycles. The molecule has 4 fully saturated rings. The normalized spacial score (nSPS) is 26.8. The molecule has 9 aromatic rings. The van der Waals surface area contributed by atoms with E-state index in [1.807, 2.05) is 231 Å². The summed E-state index contributed by atoms with van der Waals surface area (Å²) in [6.45, 7) is 20.8. The predicted molar refractivity (Wildman–Crippen MR) is 457 cm³/mol. The molecule has 18 nitrogen and oxygen atoms in total. The molecular weight excluding hydrogens is 1500 g/mol. The van der Waals surface area contributed by atoms with Gasteiger partial charge in [-0.3, -0.25) is 0 Å². The second-order valence-electron chi connectivity index (χ2n) is 31.5. The number of benzene rings is 9. The molecule has 634 valence electrons. The van der Waals surface area contributed by atoms with E-state index in [0.29, 0.717) is 85.5 Å². The van der Waals surface area contributed by atoms with Crippen molar-refractivity contribution in [1.29, 1.82) is 0 Å². The first-order valence-corrected chi connectivity index (χ1v) is 42.3. The van der Waals surface area contributed by atoms with Crippen LogP contribution in [0, 0.1) is 11.8 Å². The van der Waals surface area contributed by atoms with Crippen molar-refractivity contribution in [2.24, 2.45) is 11.8 Å². The number of allylic oxidation sites excluding steroid dienone is 2. The third kappa shape index (κ3) is 27.6. The molecule has 4 aliphatic rings. The fourth-order valence-electron chi connectivity index (χ4n) is 15.2. The van der Waals surface area contributed by atoms with Crippen molar-refractivity contribution in [1.82, 2.24) is 0 Å². The Morgan fingerprint density at radius 1 is 0.269 bits per heavy atom. The van der Waals surface area contributed by atoms with Crippen LogP contribution in [0.4, 0.5) is 0 Å². The number of aliphatic hydroxyl groups excluding tert-OH is 1. The van der Waals surface area contributed by atoms with Crippen LogP contribution in [0.15, 0.2) is 296 Å². The molecule has 0 aliphatic carbocycles. The molecular formula is C101H122O18. The molecule has 13 rings (SSSR count). The van der Waals surface area contributed by atoms with Crippen LogP contribution in [-0.4, -0.2) is 142 Å². The highest BCUT2D eigenvalue weighted by atomic mass is 16.8. The zero-order valence-corrected chi connectivity index (χ0v) is 70.2. The summed E-state index contributed by atoms with van der Waals surface area (Å²) in [4.78, 5) is 0. The second-order valence-corrected chi connectivity index (χ2v) is 31.5. The average Bonchev–Trinajstić information content (AvgIpc) is 0.776. The minimum atomic E-state index is -0.972. The van der Waals surface area contributed by atoms with Crippen molar-refractivity contribution in [3.63, 3.8) is 0 Å². The highest BCUT2D eigenvalue weighted by molar-refractivity contribution is 5.21. The van der Waals surface area contributed by atoms with Gasteiger partial charge < -0.3 is 85.6 Å². The van der Waals surface area contributed by atoms with Crippen LogP contribution in [0.3, 0.4) is 0 Å². The Morgan fingerprint density at radius 3 is 0.807 bits per heavy atom. The summed E-state index contributed by atoms with van der Waals surface area (Å²) < 4.78 is 115. The van der Waals surface area contributed by atoms with E-state index in [0.717, 1.165) is 55.6 Å². The van der Waals surface area contributed by atoms with Crippen molar-refractivity contribution >= 4 is 0 Å². The maximum atomic E-state index is 11.7. The van der Waals surface area contributed by atoms with Gasteiger partial charge in [-0.25, -0.2) is 0 Å². The molecule has 10 unspecified atom stereocenters. The topological polar surface area (TPSA) is 177 Å². The maximum Gasteiger partial charge on any atom is 0.189 e. The van der Waals surface area contributed by atoms with Crippen LogP contribution in [0.2, 0.25) is 0 Å². The molecule has 4 heterocycles. The van der Waals surface area contributed by atoms with E-state index >= 15 is 0 Å². The molecule has 18 heteroatoms. The summed E-state index contributed by atoms with van der Waals surface area (Å²) in [6, 6.07) is 90.7. The van der Waals surface area contributed by atoms with Gasteiger partial charge in [0.2, 0.25) is 0 Å². The minimum Gasteiger partial charge on any atom is -0.388 e. The van der Waals surface area contributed by atoms with Gasteiger partial charge in [-0.05, 0) is 90.6 Å². The molecule has 0 aromatic heterocycles. The highest BCUT2D eigenvalue weighted by Gasteiger charge is 2.55. The van der Waals surface area contributed by atoms with Gasteiger partial charge in [-0.1, -0.05) is 324 Å². The molecule has 0 radical (unpaired) electrons. The summed E-state index contributed by atoms with van der Waals surface area (Å²) in [7, 11) is 0. The lowest BCUT2D eigenvalue weighted by Crippen LogP contribution is -2.63. The van der Waals surface area contributed by atoms with E-state index in [9.17, 15) is 5.11 Å². The van der Waals surface area contributed by atoms with Crippen molar-refractivity contribution in [3.05, 3.63) is 346 Å². The van der Waals surface area contributed by atoms with Gasteiger partial charge in [0.05, 0.1) is 110 Å². The first-order chi connectivity index (χ1) is 58.3. The summed E-state index contributed by atoms with van der Waals surface area (Å²) in [6.07, 6.45) is -5.99. The first-order valence-electron chi connectivity index (χ1n) is 42.3. The molecule has 1 N–H and O–H groups in total. The lowest BCUT2D eigenvalue weighted by Gasteiger charge is -2.49. The molecule has 119 heavy (non-hydrogen) atoms. The highest BCUT2D eigenvalue weighted by Crippen LogP contribution is 2.40. The van der Waals surface area contributed by atoms with Gasteiger partial charge in [0.1, 0.15) is 61.0 Å². The molecule has 0 spiro atoms. The maximum absolute atomic E-state index is 11.7. The summed E-state index contributed by atoms with van der Waals surface area (Å²) >= 11 is 0. The van der Waals surface area contributed by atoms with Gasteiger partial charge in [0.25, 0.3) is 0 Å². The van der Waals surface area contributed by atoms with Crippen LogP contribution in [-0.2, 0) is 140 Å². The minimum absolute atomic E-state index is 0.133. The number of aliphatic hydroxyl groups is 1.